The SMILES string of the molecule is NC(=O)CCC(C(=O)O)C(O)(Cc1ccc(F)cc1)[PH+]=O. The van der Waals surface area contributed by atoms with Crippen LogP contribution < -0.4 is 5.73 Å². The van der Waals surface area contributed by atoms with E-state index < -0.39 is 37.4 Å². The van der Waals surface area contributed by atoms with E-state index in [9.17, 15) is 23.7 Å². The molecule has 0 aliphatic rings. The molecular weight excluding hydrogens is 300 g/mol. The van der Waals surface area contributed by atoms with Gasteiger partial charge in [-0.2, -0.15) is 0 Å². The van der Waals surface area contributed by atoms with E-state index in [-0.39, 0.29) is 19.3 Å². The van der Waals surface area contributed by atoms with Gasteiger partial charge in [-0.15, -0.1) is 0 Å². The zero-order valence-electron chi connectivity index (χ0n) is 11.1. The van der Waals surface area contributed by atoms with Gasteiger partial charge < -0.3 is 15.9 Å². The van der Waals surface area contributed by atoms with E-state index in [0.717, 1.165) is 12.1 Å². The molecular formula is C13H16FNO5P+. The lowest BCUT2D eigenvalue weighted by atomic mass is 9.91. The lowest BCUT2D eigenvalue weighted by Gasteiger charge is -2.22. The molecule has 0 spiro atoms. The van der Waals surface area contributed by atoms with E-state index in [1.54, 1.807) is 0 Å². The second-order valence-corrected chi connectivity index (χ2v) is 5.80. The largest absolute Gasteiger partial charge is 0.481 e. The molecule has 0 saturated carbocycles. The molecule has 0 heterocycles. The van der Waals surface area contributed by atoms with Crippen LogP contribution in [0.5, 0.6) is 0 Å². The predicted octanol–water partition coefficient (Wildman–Crippen LogP) is 1.05. The summed E-state index contributed by atoms with van der Waals surface area (Å²) in [5, 5.41) is 17.5. The van der Waals surface area contributed by atoms with Crippen molar-refractivity contribution in [2.45, 2.75) is 24.6 Å². The van der Waals surface area contributed by atoms with Gasteiger partial charge in [0, 0.05) is 12.8 Å². The monoisotopic (exact) mass is 316 g/mol. The maximum absolute atomic E-state index is 12.8. The summed E-state index contributed by atoms with van der Waals surface area (Å²) >= 11 is 0. The Bertz CT molecular complexity index is 536. The molecule has 21 heavy (non-hydrogen) atoms. The second kappa shape index (κ2) is 7.24. The van der Waals surface area contributed by atoms with Crippen LogP contribution in [0.2, 0.25) is 0 Å². The van der Waals surface area contributed by atoms with Gasteiger partial charge in [-0.3, -0.25) is 9.59 Å². The maximum atomic E-state index is 12.8. The summed E-state index contributed by atoms with van der Waals surface area (Å²) < 4.78 is 24.2. The van der Waals surface area contributed by atoms with Crippen LogP contribution in [0.1, 0.15) is 18.4 Å². The van der Waals surface area contributed by atoms with Gasteiger partial charge in [-0.25, -0.2) is 4.39 Å². The Morgan fingerprint density at radius 1 is 1.33 bits per heavy atom. The predicted molar refractivity (Wildman–Crippen MR) is 73.6 cm³/mol. The van der Waals surface area contributed by atoms with Crippen molar-refractivity contribution < 1.29 is 28.8 Å². The number of carboxylic acids is 1. The number of hydrogen-bond acceptors (Lipinski definition) is 4. The summed E-state index contributed by atoms with van der Waals surface area (Å²) in [6.07, 6.45) is -0.699. The number of carbonyl (C=O) groups is 2. The molecule has 1 aromatic rings. The molecule has 6 nitrogen and oxygen atoms in total. The molecule has 0 fully saturated rings. The smallest absolute Gasteiger partial charge is 0.360 e. The van der Waals surface area contributed by atoms with Crippen LogP contribution in [0.4, 0.5) is 4.39 Å². The van der Waals surface area contributed by atoms with E-state index in [1.807, 2.05) is 0 Å². The summed E-state index contributed by atoms with van der Waals surface area (Å²) in [5.74, 6) is -3.97. The number of aliphatic carboxylic acids is 1. The zero-order chi connectivity index (χ0) is 16.0. The van der Waals surface area contributed by atoms with E-state index in [1.165, 1.54) is 12.1 Å². The van der Waals surface area contributed by atoms with Crippen LogP contribution in [0.25, 0.3) is 0 Å². The third-order valence-corrected chi connectivity index (χ3v) is 4.00. The van der Waals surface area contributed by atoms with E-state index in [4.69, 9.17) is 10.8 Å². The summed E-state index contributed by atoms with van der Waals surface area (Å²) in [6.45, 7) is 0. The Kier molecular flexibility index (Phi) is 5.93. The number of carboxylic acid groups (broad SMARTS) is 1. The number of nitrogens with two attached hydrogens (primary N) is 1. The normalized spacial score (nSPS) is 15.3. The van der Waals surface area contributed by atoms with Gasteiger partial charge in [-0.1, -0.05) is 16.7 Å². The van der Waals surface area contributed by atoms with Gasteiger partial charge in [0.25, 0.3) is 5.34 Å². The first-order valence-electron chi connectivity index (χ1n) is 6.15. The number of primary amides is 1. The van der Waals surface area contributed by atoms with Gasteiger partial charge >= 0.3 is 14.4 Å². The molecule has 3 atom stereocenters. The fourth-order valence-electron chi connectivity index (χ4n) is 2.00. The molecule has 4 N–H and O–H groups in total. The van der Waals surface area contributed by atoms with Crippen molar-refractivity contribution in [3.63, 3.8) is 0 Å². The van der Waals surface area contributed by atoms with Crippen LogP contribution in [0.3, 0.4) is 0 Å². The summed E-state index contributed by atoms with van der Waals surface area (Å²) in [5.41, 5.74) is 5.40. The molecule has 114 valence electrons. The number of aliphatic hydroxyl groups is 1. The van der Waals surface area contributed by atoms with Gasteiger partial charge in [0.1, 0.15) is 11.7 Å². The minimum absolute atomic E-state index is 0.225. The number of halogens is 1. The quantitative estimate of drug-likeness (QED) is 0.620. The number of rotatable bonds is 8. The highest BCUT2D eigenvalue weighted by atomic mass is 31.1. The van der Waals surface area contributed by atoms with Crippen LogP contribution >= 0.6 is 8.46 Å². The van der Waals surface area contributed by atoms with Crippen molar-refractivity contribution in [2.75, 3.05) is 0 Å². The number of benzene rings is 1. The van der Waals surface area contributed by atoms with Gasteiger partial charge in [-0.05, 0) is 24.1 Å². The molecule has 0 saturated heterocycles. The Labute approximate surface area is 122 Å². The summed E-state index contributed by atoms with van der Waals surface area (Å²) in [4.78, 5) is 22.0. The topological polar surface area (TPSA) is 118 Å². The first-order valence-corrected chi connectivity index (χ1v) is 7.06. The van der Waals surface area contributed by atoms with Gasteiger partial charge in [0.2, 0.25) is 5.91 Å². The van der Waals surface area contributed by atoms with Crippen molar-refractivity contribution in [3.8, 4) is 0 Å². The molecule has 0 aromatic heterocycles. The third kappa shape index (κ3) is 4.88. The van der Waals surface area contributed by atoms with Crippen LogP contribution in [-0.4, -0.2) is 27.4 Å². The first-order chi connectivity index (χ1) is 9.78. The second-order valence-electron chi connectivity index (χ2n) is 4.73. The Morgan fingerprint density at radius 3 is 2.33 bits per heavy atom. The third-order valence-electron chi connectivity index (χ3n) is 3.12. The van der Waals surface area contributed by atoms with Crippen LogP contribution in [-0.2, 0) is 20.6 Å². The Balaban J connectivity index is 2.97. The zero-order valence-corrected chi connectivity index (χ0v) is 12.1. The minimum Gasteiger partial charge on any atom is -0.481 e. The average Bonchev–Trinajstić information content (AvgIpc) is 2.41. The van der Waals surface area contributed by atoms with Crippen molar-refractivity contribution in [3.05, 3.63) is 35.6 Å². The molecule has 1 rings (SSSR count). The highest BCUT2D eigenvalue weighted by Gasteiger charge is 2.49. The fraction of sp³-hybridized carbons (Fsp3) is 0.385. The maximum Gasteiger partial charge on any atom is 0.360 e. The van der Waals surface area contributed by atoms with E-state index in [2.05, 4.69) is 0 Å². The lowest BCUT2D eigenvalue weighted by Crippen LogP contribution is -2.40. The number of carbonyl (C=O) groups excluding carboxylic acids is 1. The minimum atomic E-state index is -2.04. The highest BCUT2D eigenvalue weighted by molar-refractivity contribution is 7.25. The van der Waals surface area contributed by atoms with E-state index in [0.29, 0.717) is 5.56 Å². The molecule has 0 radical (unpaired) electrons. The Hall–Kier alpha value is -1.85. The number of amides is 1. The molecule has 0 bridgehead atoms. The molecule has 0 aliphatic heterocycles. The standard InChI is InChI=1S/C13H15FNO5P/c14-9-3-1-8(2-4-9)7-13(19,21-20)10(12(17)18)5-6-11(15)16/h1-4,10,19H,5-7H2,(H2,15,16)(H,17,18)/p+1. The molecule has 1 amide bonds. The first kappa shape index (κ1) is 17.2. The highest BCUT2D eigenvalue weighted by Crippen LogP contribution is 2.36. The Morgan fingerprint density at radius 2 is 1.90 bits per heavy atom. The molecule has 3 unspecified atom stereocenters. The van der Waals surface area contributed by atoms with E-state index >= 15 is 0 Å². The summed E-state index contributed by atoms with van der Waals surface area (Å²) in [6, 6.07) is 5.05. The van der Waals surface area contributed by atoms with Crippen LogP contribution in [0, 0.1) is 11.7 Å². The van der Waals surface area contributed by atoms with Crippen molar-refractivity contribution in [2.24, 2.45) is 11.7 Å². The van der Waals surface area contributed by atoms with Gasteiger partial charge in [0.05, 0.1) is 0 Å². The van der Waals surface area contributed by atoms with Crippen molar-refractivity contribution in [1.29, 1.82) is 0 Å². The van der Waals surface area contributed by atoms with Gasteiger partial charge in [0.15, 0.2) is 0 Å². The lowest BCUT2D eigenvalue weighted by molar-refractivity contribution is -0.147. The molecule has 1 aromatic carbocycles. The summed E-state index contributed by atoms with van der Waals surface area (Å²) in [7, 11) is -1.32. The van der Waals surface area contributed by atoms with Crippen molar-refractivity contribution in [1.82, 2.24) is 0 Å². The number of hydrogen-bond donors (Lipinski definition) is 3. The van der Waals surface area contributed by atoms with Crippen LogP contribution in [0.15, 0.2) is 24.3 Å². The fourth-order valence-corrected chi connectivity index (χ4v) is 2.68. The molecule has 0 aliphatic carbocycles. The molecule has 8 heteroatoms. The van der Waals surface area contributed by atoms with Crippen molar-refractivity contribution >= 4 is 20.3 Å². The average molecular weight is 316 g/mol.